The van der Waals surface area contributed by atoms with E-state index in [0.29, 0.717) is 6.04 Å². The van der Waals surface area contributed by atoms with Gasteiger partial charge in [0.1, 0.15) is 11.7 Å². The van der Waals surface area contributed by atoms with Gasteiger partial charge in [0.25, 0.3) is 0 Å². The van der Waals surface area contributed by atoms with Crippen molar-refractivity contribution < 1.29 is 0 Å². The maximum Gasteiger partial charge on any atom is 0.140 e. The average Bonchev–Trinajstić information content (AvgIpc) is 2.99. The molecule has 0 saturated heterocycles. The molecule has 0 atom stereocenters. The lowest BCUT2D eigenvalue weighted by atomic mass is 10.1. The molecule has 1 aliphatic rings. The molecule has 0 spiro atoms. The minimum absolute atomic E-state index is 0.0862. The summed E-state index contributed by atoms with van der Waals surface area (Å²) in [5.74, 6) is 0.922. The van der Waals surface area contributed by atoms with Crippen LogP contribution in [-0.4, -0.2) is 23.9 Å². The number of nitrogens with one attached hydrogen (secondary N) is 1. The Labute approximate surface area is 119 Å². The standard InChI is InChI=1S/C16H20N4/c1-20(12-7-3-4-8-12)16-13(15(17)18)10-11-6-2-5-9-14(11)19-16/h2,5-6,9-10,12H,3-4,7-8H2,1H3,(H3,17,18). The van der Waals surface area contributed by atoms with Crippen LogP contribution in [0.15, 0.2) is 30.3 Å². The fourth-order valence-corrected chi connectivity index (χ4v) is 3.04. The molecule has 1 fully saturated rings. The third-order valence-corrected chi connectivity index (χ3v) is 4.20. The molecule has 1 heterocycles. The molecule has 20 heavy (non-hydrogen) atoms. The number of hydrogen-bond acceptors (Lipinski definition) is 3. The summed E-state index contributed by atoms with van der Waals surface area (Å²) in [7, 11) is 2.07. The van der Waals surface area contributed by atoms with E-state index >= 15 is 0 Å². The van der Waals surface area contributed by atoms with Crippen LogP contribution in [-0.2, 0) is 0 Å². The first kappa shape index (κ1) is 12.9. The molecule has 1 aromatic heterocycles. The van der Waals surface area contributed by atoms with Gasteiger partial charge in [-0.25, -0.2) is 4.98 Å². The van der Waals surface area contributed by atoms with E-state index in [1.165, 1.54) is 25.7 Å². The molecular weight excluding hydrogens is 248 g/mol. The van der Waals surface area contributed by atoms with Gasteiger partial charge >= 0.3 is 0 Å². The maximum atomic E-state index is 7.83. The van der Waals surface area contributed by atoms with Gasteiger partial charge in [-0.05, 0) is 25.0 Å². The van der Waals surface area contributed by atoms with Crippen molar-refractivity contribution in [2.75, 3.05) is 11.9 Å². The van der Waals surface area contributed by atoms with Gasteiger partial charge < -0.3 is 10.6 Å². The van der Waals surface area contributed by atoms with Gasteiger partial charge in [0.05, 0.1) is 11.1 Å². The van der Waals surface area contributed by atoms with Crippen LogP contribution in [0.4, 0.5) is 5.82 Å². The second-order valence-corrected chi connectivity index (χ2v) is 5.52. The molecule has 1 aromatic carbocycles. The van der Waals surface area contributed by atoms with Crippen LogP contribution in [0.1, 0.15) is 31.2 Å². The summed E-state index contributed by atoms with van der Waals surface area (Å²) in [5, 5.41) is 8.86. The Morgan fingerprint density at radius 3 is 2.70 bits per heavy atom. The second-order valence-electron chi connectivity index (χ2n) is 5.52. The summed E-state index contributed by atoms with van der Waals surface area (Å²) in [4.78, 5) is 6.95. The number of hydrogen-bond donors (Lipinski definition) is 2. The predicted octanol–water partition coefficient (Wildman–Crippen LogP) is 2.90. The Morgan fingerprint density at radius 1 is 1.30 bits per heavy atom. The Balaban J connectivity index is 2.11. The first-order valence-corrected chi connectivity index (χ1v) is 7.14. The normalized spacial score (nSPS) is 15.7. The van der Waals surface area contributed by atoms with Crippen LogP contribution < -0.4 is 10.6 Å². The molecule has 4 nitrogen and oxygen atoms in total. The number of nitrogen functional groups attached to an aromatic ring is 1. The van der Waals surface area contributed by atoms with E-state index in [1.807, 2.05) is 30.3 Å². The minimum atomic E-state index is 0.0862. The number of anilines is 1. The fraction of sp³-hybridized carbons (Fsp3) is 0.375. The van der Waals surface area contributed by atoms with Crippen molar-refractivity contribution in [3.05, 3.63) is 35.9 Å². The van der Waals surface area contributed by atoms with Gasteiger partial charge in [-0.3, -0.25) is 5.41 Å². The highest BCUT2D eigenvalue weighted by Gasteiger charge is 2.23. The number of amidine groups is 1. The molecule has 1 aliphatic carbocycles. The van der Waals surface area contributed by atoms with Gasteiger partial charge in [-0.1, -0.05) is 31.0 Å². The highest BCUT2D eigenvalue weighted by molar-refractivity contribution is 6.03. The van der Waals surface area contributed by atoms with Gasteiger partial charge in [-0.2, -0.15) is 0 Å². The highest BCUT2D eigenvalue weighted by Crippen LogP contribution is 2.29. The van der Waals surface area contributed by atoms with Gasteiger partial charge in [0.15, 0.2) is 0 Å². The number of fused-ring (bicyclic) bond motifs is 1. The fourth-order valence-electron chi connectivity index (χ4n) is 3.04. The number of rotatable bonds is 3. The van der Waals surface area contributed by atoms with Crippen molar-refractivity contribution in [2.24, 2.45) is 5.73 Å². The van der Waals surface area contributed by atoms with Crippen molar-refractivity contribution in [1.29, 1.82) is 5.41 Å². The highest BCUT2D eigenvalue weighted by atomic mass is 15.2. The average molecular weight is 268 g/mol. The first-order valence-electron chi connectivity index (χ1n) is 7.14. The van der Waals surface area contributed by atoms with E-state index in [9.17, 15) is 0 Å². The van der Waals surface area contributed by atoms with E-state index in [1.54, 1.807) is 0 Å². The molecule has 2 aromatic rings. The lowest BCUT2D eigenvalue weighted by molar-refractivity contribution is 0.647. The molecule has 0 aliphatic heterocycles. The number of pyridine rings is 1. The van der Waals surface area contributed by atoms with E-state index in [2.05, 4.69) is 11.9 Å². The van der Waals surface area contributed by atoms with Gasteiger partial charge in [-0.15, -0.1) is 0 Å². The molecular formula is C16H20N4. The van der Waals surface area contributed by atoms with Crippen LogP contribution in [0.2, 0.25) is 0 Å². The zero-order valence-corrected chi connectivity index (χ0v) is 11.8. The number of nitrogens with zero attached hydrogens (tertiary/aromatic N) is 2. The number of benzene rings is 1. The van der Waals surface area contributed by atoms with Crippen molar-refractivity contribution in [2.45, 2.75) is 31.7 Å². The van der Waals surface area contributed by atoms with Crippen molar-refractivity contribution >= 4 is 22.6 Å². The summed E-state index contributed by atoms with van der Waals surface area (Å²) in [6, 6.07) is 10.5. The molecule has 3 N–H and O–H groups in total. The van der Waals surface area contributed by atoms with Crippen LogP contribution in [0.5, 0.6) is 0 Å². The monoisotopic (exact) mass is 268 g/mol. The summed E-state index contributed by atoms with van der Waals surface area (Å²) in [5.41, 5.74) is 7.45. The molecule has 104 valence electrons. The molecule has 0 amide bonds. The number of nitrogens with two attached hydrogens (primary N) is 1. The van der Waals surface area contributed by atoms with Crippen LogP contribution in [0.25, 0.3) is 10.9 Å². The minimum Gasteiger partial charge on any atom is -0.384 e. The first-order chi connectivity index (χ1) is 9.66. The van der Waals surface area contributed by atoms with Crippen molar-refractivity contribution in [3.8, 4) is 0 Å². The van der Waals surface area contributed by atoms with Crippen molar-refractivity contribution in [1.82, 2.24) is 4.98 Å². The topological polar surface area (TPSA) is 66.0 Å². The van der Waals surface area contributed by atoms with E-state index < -0.39 is 0 Å². The smallest absolute Gasteiger partial charge is 0.140 e. The lowest BCUT2D eigenvalue weighted by Gasteiger charge is -2.27. The Morgan fingerprint density at radius 2 is 2.00 bits per heavy atom. The van der Waals surface area contributed by atoms with Crippen LogP contribution >= 0.6 is 0 Å². The van der Waals surface area contributed by atoms with Gasteiger partial charge in [0.2, 0.25) is 0 Å². The van der Waals surface area contributed by atoms with Crippen LogP contribution in [0, 0.1) is 5.41 Å². The number of aromatic nitrogens is 1. The molecule has 0 radical (unpaired) electrons. The van der Waals surface area contributed by atoms with E-state index in [4.69, 9.17) is 16.1 Å². The molecule has 0 unspecified atom stereocenters. The third kappa shape index (κ3) is 2.22. The van der Waals surface area contributed by atoms with E-state index in [0.717, 1.165) is 22.3 Å². The number of para-hydroxylation sites is 1. The Bertz CT molecular complexity index is 644. The van der Waals surface area contributed by atoms with Gasteiger partial charge in [0, 0.05) is 18.5 Å². The largest absolute Gasteiger partial charge is 0.384 e. The molecule has 3 rings (SSSR count). The third-order valence-electron chi connectivity index (χ3n) is 4.20. The second kappa shape index (κ2) is 5.12. The zero-order valence-electron chi connectivity index (χ0n) is 11.8. The quantitative estimate of drug-likeness (QED) is 0.664. The van der Waals surface area contributed by atoms with Crippen molar-refractivity contribution in [3.63, 3.8) is 0 Å². The maximum absolute atomic E-state index is 7.83. The summed E-state index contributed by atoms with van der Waals surface area (Å²) < 4.78 is 0. The Hall–Kier alpha value is -2.10. The molecule has 4 heteroatoms. The zero-order chi connectivity index (χ0) is 14.1. The van der Waals surface area contributed by atoms with E-state index in [-0.39, 0.29) is 5.84 Å². The summed E-state index contributed by atoms with van der Waals surface area (Å²) in [6.45, 7) is 0. The Kier molecular flexibility index (Phi) is 3.30. The van der Waals surface area contributed by atoms with Crippen LogP contribution in [0.3, 0.4) is 0 Å². The lowest BCUT2D eigenvalue weighted by Crippen LogP contribution is -2.32. The molecule has 0 bridgehead atoms. The summed E-state index contributed by atoms with van der Waals surface area (Å²) in [6.07, 6.45) is 4.95. The predicted molar refractivity (Wildman–Crippen MR) is 83.4 cm³/mol. The summed E-state index contributed by atoms with van der Waals surface area (Å²) >= 11 is 0. The SMILES string of the molecule is CN(c1nc2ccccc2cc1C(=N)N)C1CCCC1. The molecule has 1 saturated carbocycles.